The molecule has 0 saturated carbocycles. The average molecular weight is 471 g/mol. The van der Waals surface area contributed by atoms with Crippen LogP contribution in [0, 0.1) is 0 Å². The summed E-state index contributed by atoms with van der Waals surface area (Å²) in [4.78, 5) is 5.55. The Morgan fingerprint density at radius 2 is 1.80 bits per heavy atom. The smallest absolute Gasteiger partial charge is 0.191 e. The number of nitrogens with one attached hydrogen (secondary N) is 2. The van der Waals surface area contributed by atoms with Gasteiger partial charge < -0.3 is 15.4 Å². The van der Waals surface area contributed by atoms with Crippen molar-refractivity contribution < 1.29 is 4.74 Å². The third kappa shape index (κ3) is 8.49. The number of ether oxygens (including phenoxy) is 1. The van der Waals surface area contributed by atoms with Gasteiger partial charge in [-0.1, -0.05) is 30.3 Å². The van der Waals surface area contributed by atoms with E-state index in [-0.39, 0.29) is 24.0 Å². The average Bonchev–Trinajstić information content (AvgIpc) is 2.64. The molecular formula is C19H26IN3OS. The number of hydrogen-bond acceptors (Lipinski definition) is 3. The predicted molar refractivity (Wildman–Crippen MR) is 119 cm³/mol. The van der Waals surface area contributed by atoms with Crippen molar-refractivity contribution in [3.8, 4) is 5.75 Å². The zero-order chi connectivity index (χ0) is 17.0. The van der Waals surface area contributed by atoms with Gasteiger partial charge in [-0.25, -0.2) is 0 Å². The number of rotatable bonds is 8. The van der Waals surface area contributed by atoms with Crippen molar-refractivity contribution >= 4 is 41.7 Å². The molecule has 2 rings (SSSR count). The van der Waals surface area contributed by atoms with Crippen molar-refractivity contribution in [2.75, 3.05) is 33.0 Å². The highest BCUT2D eigenvalue weighted by molar-refractivity contribution is 14.0. The lowest BCUT2D eigenvalue weighted by Gasteiger charge is -2.12. The maximum Gasteiger partial charge on any atom is 0.191 e. The molecule has 0 unspecified atom stereocenters. The molecule has 0 heterocycles. The number of aliphatic imine (C=N–C) groups is 1. The molecular weight excluding hydrogens is 445 g/mol. The first kappa shape index (κ1) is 21.6. The second-order valence-electron chi connectivity index (χ2n) is 5.19. The number of hydrogen-bond donors (Lipinski definition) is 2. The second kappa shape index (κ2) is 12.9. The van der Waals surface area contributed by atoms with E-state index in [0.29, 0.717) is 0 Å². The summed E-state index contributed by atoms with van der Waals surface area (Å²) in [6.07, 6.45) is 0.927. The van der Waals surface area contributed by atoms with Gasteiger partial charge in [0, 0.05) is 30.8 Å². The molecule has 0 aromatic heterocycles. The van der Waals surface area contributed by atoms with Crippen LogP contribution < -0.4 is 15.4 Å². The number of nitrogens with zero attached hydrogens (tertiary/aromatic N) is 1. The van der Waals surface area contributed by atoms with Gasteiger partial charge in [-0.2, -0.15) is 0 Å². The van der Waals surface area contributed by atoms with Gasteiger partial charge >= 0.3 is 0 Å². The molecule has 0 atom stereocenters. The number of thioether (sulfide) groups is 1. The van der Waals surface area contributed by atoms with Crippen LogP contribution in [0.5, 0.6) is 5.75 Å². The number of guanidine groups is 1. The van der Waals surface area contributed by atoms with Crippen LogP contribution in [0.2, 0.25) is 0 Å². The van der Waals surface area contributed by atoms with E-state index in [0.717, 1.165) is 37.0 Å². The summed E-state index contributed by atoms with van der Waals surface area (Å²) < 4.78 is 5.25. The summed E-state index contributed by atoms with van der Waals surface area (Å²) in [6, 6.07) is 18.6. The van der Waals surface area contributed by atoms with E-state index in [1.807, 2.05) is 30.0 Å². The molecule has 2 N–H and O–H groups in total. The highest BCUT2D eigenvalue weighted by Crippen LogP contribution is 2.15. The first-order valence-electron chi connectivity index (χ1n) is 8.07. The molecule has 0 fully saturated rings. The summed E-state index contributed by atoms with van der Waals surface area (Å²) in [5.74, 6) is 2.74. The highest BCUT2D eigenvalue weighted by Gasteiger charge is 1.99. The van der Waals surface area contributed by atoms with Gasteiger partial charge in [0.1, 0.15) is 5.75 Å². The van der Waals surface area contributed by atoms with Gasteiger partial charge in [0.05, 0.1) is 7.11 Å². The van der Waals surface area contributed by atoms with Crippen LogP contribution in [0.25, 0.3) is 0 Å². The Labute approximate surface area is 171 Å². The lowest BCUT2D eigenvalue weighted by atomic mass is 10.1. The van der Waals surface area contributed by atoms with Gasteiger partial charge in [0.15, 0.2) is 5.96 Å². The molecule has 0 bridgehead atoms. The Hall–Kier alpha value is -1.41. The van der Waals surface area contributed by atoms with Crippen molar-refractivity contribution in [1.29, 1.82) is 0 Å². The van der Waals surface area contributed by atoms with Crippen molar-refractivity contribution in [2.24, 2.45) is 4.99 Å². The molecule has 0 amide bonds. The van der Waals surface area contributed by atoms with Crippen LogP contribution in [-0.4, -0.2) is 39.0 Å². The molecule has 25 heavy (non-hydrogen) atoms. The SMILES string of the molecule is CN=C(NCCSc1ccccc1)NCCc1cccc(OC)c1.I. The van der Waals surface area contributed by atoms with Crippen molar-refractivity contribution in [3.63, 3.8) is 0 Å². The Morgan fingerprint density at radius 3 is 2.52 bits per heavy atom. The van der Waals surface area contributed by atoms with Gasteiger partial charge in [0.25, 0.3) is 0 Å². The Balaban J connectivity index is 0.00000312. The number of halogens is 1. The van der Waals surface area contributed by atoms with Gasteiger partial charge in [0.2, 0.25) is 0 Å². The van der Waals surface area contributed by atoms with Crippen molar-refractivity contribution in [2.45, 2.75) is 11.3 Å². The second-order valence-corrected chi connectivity index (χ2v) is 6.36. The lowest BCUT2D eigenvalue weighted by Crippen LogP contribution is -2.39. The molecule has 2 aromatic rings. The Bertz CT molecular complexity index is 638. The third-order valence-corrected chi connectivity index (χ3v) is 4.48. The van der Waals surface area contributed by atoms with Gasteiger partial charge in [-0.15, -0.1) is 35.7 Å². The maximum atomic E-state index is 5.25. The van der Waals surface area contributed by atoms with Crippen LogP contribution in [0.4, 0.5) is 0 Å². The minimum atomic E-state index is 0. The zero-order valence-corrected chi connectivity index (χ0v) is 17.8. The molecule has 0 radical (unpaired) electrons. The Kier molecular flexibility index (Phi) is 11.1. The fourth-order valence-corrected chi connectivity index (χ4v) is 3.02. The monoisotopic (exact) mass is 471 g/mol. The minimum absolute atomic E-state index is 0. The normalized spacial score (nSPS) is 10.7. The quantitative estimate of drug-likeness (QED) is 0.202. The standard InChI is InChI=1S/C19H25N3OS.HI/c1-20-19(22-13-14-24-18-9-4-3-5-10-18)21-12-11-16-7-6-8-17(15-16)23-2;/h3-10,15H,11-14H2,1-2H3,(H2,20,21,22);1H. The summed E-state index contributed by atoms with van der Waals surface area (Å²) in [7, 11) is 3.49. The summed E-state index contributed by atoms with van der Waals surface area (Å²) in [5.41, 5.74) is 1.25. The van der Waals surface area contributed by atoms with Crippen LogP contribution in [-0.2, 0) is 6.42 Å². The summed E-state index contributed by atoms with van der Waals surface area (Å²) >= 11 is 1.84. The van der Waals surface area contributed by atoms with E-state index in [2.05, 4.69) is 52.0 Å². The molecule has 0 aliphatic heterocycles. The van der Waals surface area contributed by atoms with E-state index < -0.39 is 0 Å². The first-order chi connectivity index (χ1) is 11.8. The molecule has 6 heteroatoms. The minimum Gasteiger partial charge on any atom is -0.497 e. The van der Waals surface area contributed by atoms with E-state index in [4.69, 9.17) is 4.74 Å². The van der Waals surface area contributed by atoms with E-state index in [1.54, 1.807) is 14.2 Å². The lowest BCUT2D eigenvalue weighted by molar-refractivity contribution is 0.414. The fraction of sp³-hybridized carbons (Fsp3) is 0.316. The highest BCUT2D eigenvalue weighted by atomic mass is 127. The first-order valence-corrected chi connectivity index (χ1v) is 9.05. The largest absolute Gasteiger partial charge is 0.497 e. The van der Waals surface area contributed by atoms with Crippen LogP contribution in [0.3, 0.4) is 0 Å². The maximum absolute atomic E-state index is 5.25. The fourth-order valence-electron chi connectivity index (χ4n) is 2.23. The predicted octanol–water partition coefficient (Wildman–Crippen LogP) is 3.81. The van der Waals surface area contributed by atoms with E-state index >= 15 is 0 Å². The van der Waals surface area contributed by atoms with Crippen molar-refractivity contribution in [1.82, 2.24) is 10.6 Å². The van der Waals surface area contributed by atoms with Crippen LogP contribution >= 0.6 is 35.7 Å². The summed E-state index contributed by atoms with van der Waals surface area (Å²) in [5, 5.41) is 6.68. The number of methoxy groups -OCH3 is 1. The topological polar surface area (TPSA) is 45.7 Å². The van der Waals surface area contributed by atoms with Gasteiger partial charge in [-0.3, -0.25) is 4.99 Å². The van der Waals surface area contributed by atoms with Gasteiger partial charge in [-0.05, 0) is 36.2 Å². The molecule has 136 valence electrons. The number of benzene rings is 2. The van der Waals surface area contributed by atoms with Crippen molar-refractivity contribution in [3.05, 3.63) is 60.2 Å². The molecule has 0 spiro atoms. The van der Waals surface area contributed by atoms with E-state index in [9.17, 15) is 0 Å². The summed E-state index contributed by atoms with van der Waals surface area (Å²) in [6.45, 7) is 1.71. The molecule has 0 aliphatic rings. The molecule has 4 nitrogen and oxygen atoms in total. The molecule has 2 aromatic carbocycles. The molecule has 0 aliphatic carbocycles. The van der Waals surface area contributed by atoms with E-state index in [1.165, 1.54) is 10.5 Å². The molecule has 0 saturated heterocycles. The third-order valence-electron chi connectivity index (χ3n) is 3.47. The zero-order valence-electron chi connectivity index (χ0n) is 14.7. The van der Waals surface area contributed by atoms with Crippen LogP contribution in [0.15, 0.2) is 64.5 Å². The van der Waals surface area contributed by atoms with Crippen LogP contribution in [0.1, 0.15) is 5.56 Å². The Morgan fingerprint density at radius 1 is 1.04 bits per heavy atom.